The number of rotatable bonds is 3. The van der Waals surface area contributed by atoms with Crippen molar-refractivity contribution < 1.29 is 4.74 Å². The van der Waals surface area contributed by atoms with Crippen LogP contribution in [0.5, 0.6) is 5.75 Å². The van der Waals surface area contributed by atoms with E-state index in [1.165, 1.54) is 0 Å². The zero-order valence-electron chi connectivity index (χ0n) is 16.5. The smallest absolute Gasteiger partial charge is 0.261 e. The number of ether oxygens (including phenoxy) is 1. The van der Waals surface area contributed by atoms with E-state index >= 15 is 0 Å². The number of benzene rings is 3. The van der Waals surface area contributed by atoms with Gasteiger partial charge in [-0.2, -0.15) is 5.10 Å². The Morgan fingerprint density at radius 3 is 2.40 bits per heavy atom. The zero-order chi connectivity index (χ0) is 20.8. The van der Waals surface area contributed by atoms with Crippen molar-refractivity contribution in [2.24, 2.45) is 7.05 Å². The third kappa shape index (κ3) is 3.00. The predicted molar refractivity (Wildman–Crippen MR) is 123 cm³/mol. The molecule has 6 heteroatoms. The minimum Gasteiger partial charge on any atom is -0.497 e. The maximum Gasteiger partial charge on any atom is 0.261 e. The number of methoxy groups -OCH3 is 1. The summed E-state index contributed by atoms with van der Waals surface area (Å²) in [5.74, 6) is 0.807. The van der Waals surface area contributed by atoms with Crippen LogP contribution in [0.25, 0.3) is 38.9 Å². The molecule has 0 aliphatic heterocycles. The van der Waals surface area contributed by atoms with Crippen LogP contribution < -0.4 is 10.3 Å². The standard InChI is InChI=1S/C24H18BrN3O2/c1-27-23-14-21(17-4-3-5-18(25)12-17)26-28(23)22-13-16(8-11-20(22)24(27)29)15-6-9-19(30-2)10-7-15/h3-14H,1-2H3. The molecule has 30 heavy (non-hydrogen) atoms. The van der Waals surface area contributed by atoms with Gasteiger partial charge in [0.05, 0.1) is 23.7 Å². The molecule has 0 amide bonds. The average Bonchev–Trinajstić information content (AvgIpc) is 3.23. The lowest BCUT2D eigenvalue weighted by atomic mass is 10.0. The van der Waals surface area contributed by atoms with Crippen molar-refractivity contribution in [1.82, 2.24) is 14.2 Å². The highest BCUT2D eigenvalue weighted by atomic mass is 79.9. The molecule has 0 aliphatic carbocycles. The van der Waals surface area contributed by atoms with Gasteiger partial charge in [0.1, 0.15) is 11.4 Å². The molecule has 0 fully saturated rings. The Kier molecular flexibility index (Phi) is 4.44. The Bertz CT molecular complexity index is 1470. The Balaban J connectivity index is 1.76. The average molecular weight is 460 g/mol. The summed E-state index contributed by atoms with van der Waals surface area (Å²) >= 11 is 3.52. The van der Waals surface area contributed by atoms with E-state index in [0.717, 1.165) is 43.8 Å². The van der Waals surface area contributed by atoms with Gasteiger partial charge >= 0.3 is 0 Å². The second kappa shape index (κ2) is 7.15. The monoisotopic (exact) mass is 459 g/mol. The SMILES string of the molecule is COc1ccc(-c2ccc3c(=O)n(C)c4cc(-c5cccc(Br)c5)nn4c3c2)cc1. The lowest BCUT2D eigenvalue weighted by Crippen LogP contribution is -2.19. The van der Waals surface area contributed by atoms with Crippen molar-refractivity contribution in [2.75, 3.05) is 7.11 Å². The fraction of sp³-hybridized carbons (Fsp3) is 0.0833. The van der Waals surface area contributed by atoms with Crippen molar-refractivity contribution in [3.8, 4) is 28.1 Å². The summed E-state index contributed by atoms with van der Waals surface area (Å²) in [6.45, 7) is 0. The van der Waals surface area contributed by atoms with Crippen molar-refractivity contribution >= 4 is 32.5 Å². The number of halogens is 1. The molecule has 2 heterocycles. The van der Waals surface area contributed by atoms with Gasteiger partial charge in [-0.25, -0.2) is 4.52 Å². The number of aryl methyl sites for hydroxylation is 1. The number of aromatic nitrogens is 3. The van der Waals surface area contributed by atoms with Gasteiger partial charge < -0.3 is 4.74 Å². The van der Waals surface area contributed by atoms with Crippen molar-refractivity contribution in [3.05, 3.63) is 87.6 Å². The predicted octanol–water partition coefficient (Wildman–Crippen LogP) is 5.29. The summed E-state index contributed by atoms with van der Waals surface area (Å²) in [5.41, 5.74) is 5.34. The number of hydrogen-bond donors (Lipinski definition) is 0. The van der Waals surface area contributed by atoms with Crippen molar-refractivity contribution in [3.63, 3.8) is 0 Å². The lowest BCUT2D eigenvalue weighted by molar-refractivity contribution is 0.415. The van der Waals surface area contributed by atoms with Gasteiger partial charge in [-0.1, -0.05) is 46.3 Å². The normalized spacial score (nSPS) is 11.3. The molecule has 0 aliphatic rings. The third-order valence-electron chi connectivity index (χ3n) is 5.34. The number of hydrogen-bond acceptors (Lipinski definition) is 3. The second-order valence-corrected chi connectivity index (χ2v) is 8.05. The molecular weight excluding hydrogens is 442 g/mol. The topological polar surface area (TPSA) is 48.5 Å². The molecule has 0 spiro atoms. The Labute approximate surface area is 181 Å². The third-order valence-corrected chi connectivity index (χ3v) is 5.83. The molecule has 0 atom stereocenters. The van der Waals surface area contributed by atoms with Crippen LogP contribution in [-0.2, 0) is 7.05 Å². The molecule has 0 bridgehead atoms. The summed E-state index contributed by atoms with van der Waals surface area (Å²) in [6.07, 6.45) is 0. The van der Waals surface area contributed by atoms with E-state index in [0.29, 0.717) is 5.39 Å². The van der Waals surface area contributed by atoms with Crippen molar-refractivity contribution in [2.45, 2.75) is 0 Å². The van der Waals surface area contributed by atoms with Crippen LogP contribution in [0, 0.1) is 0 Å². The molecule has 5 rings (SSSR count). The summed E-state index contributed by atoms with van der Waals surface area (Å²) in [6, 6.07) is 23.7. The van der Waals surface area contributed by atoms with Crippen LogP contribution in [0.2, 0.25) is 0 Å². The molecule has 148 valence electrons. The summed E-state index contributed by atoms with van der Waals surface area (Å²) in [7, 11) is 3.43. The van der Waals surface area contributed by atoms with E-state index < -0.39 is 0 Å². The fourth-order valence-electron chi connectivity index (χ4n) is 3.71. The molecule has 2 aromatic heterocycles. The van der Waals surface area contributed by atoms with E-state index in [1.807, 2.05) is 77.3 Å². The van der Waals surface area contributed by atoms with E-state index in [2.05, 4.69) is 15.9 Å². The van der Waals surface area contributed by atoms with Crippen LogP contribution in [0.3, 0.4) is 0 Å². The van der Waals surface area contributed by atoms with Gasteiger partial charge in [0.2, 0.25) is 0 Å². The molecular formula is C24H18BrN3O2. The van der Waals surface area contributed by atoms with Crippen LogP contribution >= 0.6 is 15.9 Å². The summed E-state index contributed by atoms with van der Waals surface area (Å²) in [5, 5.41) is 5.46. The van der Waals surface area contributed by atoms with Gasteiger partial charge in [-0.3, -0.25) is 9.36 Å². The van der Waals surface area contributed by atoms with Crippen LogP contribution in [-0.4, -0.2) is 21.3 Å². The molecule has 5 aromatic rings. The van der Waals surface area contributed by atoms with Gasteiger partial charge in [-0.05, 0) is 47.5 Å². The molecule has 5 nitrogen and oxygen atoms in total. The van der Waals surface area contributed by atoms with Crippen LogP contribution in [0.1, 0.15) is 0 Å². The maximum absolute atomic E-state index is 13.0. The molecule has 0 saturated carbocycles. The number of fused-ring (bicyclic) bond motifs is 3. The van der Waals surface area contributed by atoms with E-state index in [9.17, 15) is 4.79 Å². The Hall–Kier alpha value is -3.38. The highest BCUT2D eigenvalue weighted by Gasteiger charge is 2.14. The zero-order valence-corrected chi connectivity index (χ0v) is 18.1. The molecule has 0 radical (unpaired) electrons. The Morgan fingerprint density at radius 1 is 0.900 bits per heavy atom. The number of nitrogens with zero attached hydrogens (tertiary/aromatic N) is 3. The molecule has 0 N–H and O–H groups in total. The highest BCUT2D eigenvalue weighted by molar-refractivity contribution is 9.10. The van der Waals surface area contributed by atoms with Gasteiger partial charge in [0, 0.05) is 23.2 Å². The molecule has 0 saturated heterocycles. The van der Waals surface area contributed by atoms with Gasteiger partial charge in [-0.15, -0.1) is 0 Å². The van der Waals surface area contributed by atoms with Crippen LogP contribution in [0.4, 0.5) is 0 Å². The Morgan fingerprint density at radius 2 is 1.67 bits per heavy atom. The minimum atomic E-state index is -0.0422. The quantitative estimate of drug-likeness (QED) is 0.368. The highest BCUT2D eigenvalue weighted by Crippen LogP contribution is 2.28. The fourth-order valence-corrected chi connectivity index (χ4v) is 4.11. The van der Waals surface area contributed by atoms with Gasteiger partial charge in [0.25, 0.3) is 5.56 Å². The maximum atomic E-state index is 13.0. The first kappa shape index (κ1) is 18.6. The first-order valence-corrected chi connectivity index (χ1v) is 10.3. The molecule has 0 unspecified atom stereocenters. The first-order valence-electron chi connectivity index (χ1n) is 9.48. The van der Waals surface area contributed by atoms with E-state index in [-0.39, 0.29) is 5.56 Å². The van der Waals surface area contributed by atoms with E-state index in [4.69, 9.17) is 9.84 Å². The summed E-state index contributed by atoms with van der Waals surface area (Å²) in [4.78, 5) is 13.0. The van der Waals surface area contributed by atoms with Crippen LogP contribution in [0.15, 0.2) is 82.1 Å². The van der Waals surface area contributed by atoms with Gasteiger partial charge in [0.15, 0.2) is 0 Å². The minimum absolute atomic E-state index is 0.0422. The summed E-state index contributed by atoms with van der Waals surface area (Å²) < 4.78 is 9.73. The van der Waals surface area contributed by atoms with E-state index in [1.54, 1.807) is 18.7 Å². The first-order chi connectivity index (χ1) is 14.5. The second-order valence-electron chi connectivity index (χ2n) is 7.13. The lowest BCUT2D eigenvalue weighted by Gasteiger charge is -2.09. The van der Waals surface area contributed by atoms with Crippen molar-refractivity contribution in [1.29, 1.82) is 0 Å². The molecule has 3 aromatic carbocycles. The largest absolute Gasteiger partial charge is 0.497 e.